The van der Waals surface area contributed by atoms with Crippen molar-refractivity contribution in [1.29, 1.82) is 0 Å². The number of aliphatic hydroxyl groups excluding tert-OH is 1. The Morgan fingerprint density at radius 1 is 1.20 bits per heavy atom. The number of nitrogens with zero attached hydrogens (tertiary/aromatic N) is 3. The molecule has 3 heterocycles. The molecule has 35 heavy (non-hydrogen) atoms. The van der Waals surface area contributed by atoms with Crippen LogP contribution in [0.2, 0.25) is 0 Å². The Balaban J connectivity index is 1.40. The lowest BCUT2D eigenvalue weighted by atomic mass is 9.85. The quantitative estimate of drug-likeness (QED) is 0.552. The minimum atomic E-state index is -1.26. The number of alkyl carbamates (subject to hydrolysis) is 1. The first kappa shape index (κ1) is 25.0. The van der Waals surface area contributed by atoms with Crippen LogP contribution >= 0.6 is 0 Å². The Morgan fingerprint density at radius 3 is 2.51 bits per heavy atom. The van der Waals surface area contributed by atoms with Crippen molar-refractivity contribution in [2.45, 2.75) is 69.9 Å². The molecule has 1 spiro atoms. The molecule has 0 bridgehead atoms. The van der Waals surface area contributed by atoms with Crippen molar-refractivity contribution in [3.63, 3.8) is 0 Å². The number of nitrogens with one attached hydrogen (secondary N) is 1. The maximum Gasteiger partial charge on any atom is 0.408 e. The van der Waals surface area contributed by atoms with Gasteiger partial charge < -0.3 is 29.9 Å². The molecule has 4 atom stereocenters. The van der Waals surface area contributed by atoms with Crippen molar-refractivity contribution < 1.29 is 29.0 Å². The number of hydrogen-bond donors (Lipinski definition) is 2. The van der Waals surface area contributed by atoms with Crippen LogP contribution in [0.25, 0.3) is 0 Å². The first-order valence-corrected chi connectivity index (χ1v) is 12.3. The second-order valence-electron chi connectivity index (χ2n) is 9.80. The number of rotatable bonds is 7. The first-order valence-electron chi connectivity index (χ1n) is 12.3. The van der Waals surface area contributed by atoms with Crippen molar-refractivity contribution in [2.24, 2.45) is 0 Å². The van der Waals surface area contributed by atoms with Crippen molar-refractivity contribution >= 4 is 23.8 Å². The number of ether oxygens (including phenoxy) is 1. The number of β-lactam (4-membered cyclic amide) rings is 1. The summed E-state index contributed by atoms with van der Waals surface area (Å²) in [5.41, 5.74) is -0.247. The number of likely N-dealkylation sites (tertiary alicyclic amines) is 3. The Labute approximate surface area is 205 Å². The van der Waals surface area contributed by atoms with E-state index in [4.69, 9.17) is 4.74 Å². The van der Waals surface area contributed by atoms with Gasteiger partial charge in [-0.05, 0) is 45.1 Å². The van der Waals surface area contributed by atoms with E-state index in [-0.39, 0.29) is 37.6 Å². The predicted molar refractivity (Wildman–Crippen MR) is 126 cm³/mol. The monoisotopic (exact) mass is 486 g/mol. The largest absolute Gasteiger partial charge is 0.445 e. The lowest BCUT2D eigenvalue weighted by molar-refractivity contribution is -0.172. The van der Waals surface area contributed by atoms with Gasteiger partial charge >= 0.3 is 6.09 Å². The van der Waals surface area contributed by atoms with Crippen molar-refractivity contribution in [1.82, 2.24) is 20.0 Å². The fraction of sp³-hybridized carbons (Fsp3) is 0.600. The maximum absolute atomic E-state index is 13.5. The first-order chi connectivity index (χ1) is 16.7. The lowest BCUT2D eigenvalue weighted by Crippen LogP contribution is -2.75. The maximum atomic E-state index is 13.5. The zero-order chi connectivity index (χ0) is 25.2. The minimum Gasteiger partial charge on any atom is -0.445 e. The van der Waals surface area contributed by atoms with Crippen LogP contribution in [-0.2, 0) is 25.7 Å². The number of aliphatic hydroxyl groups is 1. The molecular formula is C25H34N4O6. The highest BCUT2D eigenvalue weighted by Gasteiger charge is 2.62. The molecule has 0 aromatic heterocycles. The van der Waals surface area contributed by atoms with Crippen LogP contribution in [0.5, 0.6) is 0 Å². The van der Waals surface area contributed by atoms with E-state index < -0.39 is 29.7 Å². The van der Waals surface area contributed by atoms with Gasteiger partial charge in [0, 0.05) is 19.1 Å². The molecule has 3 saturated heterocycles. The van der Waals surface area contributed by atoms with E-state index in [1.165, 1.54) is 16.7 Å². The molecule has 3 aliphatic rings. The Morgan fingerprint density at radius 2 is 1.89 bits per heavy atom. The van der Waals surface area contributed by atoms with Crippen LogP contribution in [-0.4, -0.2) is 93.5 Å². The normalized spacial score (nSPS) is 25.4. The smallest absolute Gasteiger partial charge is 0.408 e. The molecule has 3 fully saturated rings. The highest BCUT2D eigenvalue weighted by Crippen LogP contribution is 2.42. The molecule has 190 valence electrons. The van der Waals surface area contributed by atoms with Gasteiger partial charge in [0.25, 0.3) is 5.91 Å². The zero-order valence-electron chi connectivity index (χ0n) is 20.3. The summed E-state index contributed by atoms with van der Waals surface area (Å²) >= 11 is 0. The molecule has 0 radical (unpaired) electrons. The van der Waals surface area contributed by atoms with E-state index in [1.54, 1.807) is 4.90 Å². The standard InChI is InChI=1S/C25H34N4O6/c1-17-10-11-25(16-28(23(25)33)14-20(31)27-12-6-7-13-27)29(17)22(32)21(18(2)30)26-24(34)35-15-19-8-4-3-5-9-19/h3-5,8-9,17-18,21,30H,6-7,10-16H2,1-2H3,(H,26,34)/t17?,18-,21?,25?/m1/s1. The van der Waals surface area contributed by atoms with Gasteiger partial charge in [0.15, 0.2) is 0 Å². The summed E-state index contributed by atoms with van der Waals surface area (Å²) in [6.45, 7) is 5.01. The molecule has 4 rings (SSSR count). The van der Waals surface area contributed by atoms with Gasteiger partial charge in [0.2, 0.25) is 11.8 Å². The molecule has 3 unspecified atom stereocenters. The topological polar surface area (TPSA) is 119 Å². The molecule has 3 aliphatic heterocycles. The van der Waals surface area contributed by atoms with E-state index >= 15 is 0 Å². The molecule has 1 aromatic rings. The fourth-order valence-corrected chi connectivity index (χ4v) is 5.36. The van der Waals surface area contributed by atoms with Gasteiger partial charge in [-0.15, -0.1) is 0 Å². The third-order valence-corrected chi connectivity index (χ3v) is 7.27. The number of carbonyl (C=O) groups excluding carboxylic acids is 4. The van der Waals surface area contributed by atoms with Crippen molar-refractivity contribution in [3.8, 4) is 0 Å². The summed E-state index contributed by atoms with van der Waals surface area (Å²) in [7, 11) is 0. The van der Waals surface area contributed by atoms with Crippen LogP contribution < -0.4 is 5.32 Å². The molecule has 2 N–H and O–H groups in total. The SMILES string of the molecule is CC1CCC2(CN(CC(=O)N3CCCC3)C2=O)N1C(=O)C(NC(=O)OCc1ccccc1)[C@@H](C)O. The summed E-state index contributed by atoms with van der Waals surface area (Å²) in [5.74, 6) is -0.849. The van der Waals surface area contributed by atoms with Gasteiger partial charge in [-0.25, -0.2) is 4.79 Å². The summed E-state index contributed by atoms with van der Waals surface area (Å²) in [4.78, 5) is 56.5. The molecule has 4 amide bonds. The Hall–Kier alpha value is -3.14. The average Bonchev–Trinajstić information content (AvgIpc) is 3.50. The summed E-state index contributed by atoms with van der Waals surface area (Å²) in [6.07, 6.45) is 1.04. The van der Waals surface area contributed by atoms with Gasteiger partial charge in [-0.3, -0.25) is 14.4 Å². The number of hydrogen-bond acceptors (Lipinski definition) is 6. The van der Waals surface area contributed by atoms with E-state index in [9.17, 15) is 24.3 Å². The highest BCUT2D eigenvalue weighted by atomic mass is 16.5. The van der Waals surface area contributed by atoms with Gasteiger partial charge in [0.05, 0.1) is 19.2 Å². The molecule has 10 heteroatoms. The highest BCUT2D eigenvalue weighted by molar-refractivity contribution is 6.00. The number of amides is 4. The summed E-state index contributed by atoms with van der Waals surface area (Å²) in [6, 6.07) is 7.61. The molecule has 0 aliphatic carbocycles. The number of benzene rings is 1. The molecule has 1 aromatic carbocycles. The minimum absolute atomic E-state index is 0.0148. The van der Waals surface area contributed by atoms with Crippen molar-refractivity contribution in [2.75, 3.05) is 26.2 Å². The van der Waals surface area contributed by atoms with Gasteiger partial charge in [-0.2, -0.15) is 0 Å². The third kappa shape index (κ3) is 4.98. The van der Waals surface area contributed by atoms with Crippen LogP contribution in [0.1, 0.15) is 45.1 Å². The predicted octanol–water partition coefficient (Wildman–Crippen LogP) is 0.877. The lowest BCUT2D eigenvalue weighted by Gasteiger charge is -2.52. The average molecular weight is 487 g/mol. The molecular weight excluding hydrogens is 452 g/mol. The number of carbonyl (C=O) groups is 4. The fourth-order valence-electron chi connectivity index (χ4n) is 5.36. The summed E-state index contributed by atoms with van der Waals surface area (Å²) in [5, 5.41) is 12.8. The van der Waals surface area contributed by atoms with Crippen LogP contribution in [0.4, 0.5) is 4.79 Å². The van der Waals surface area contributed by atoms with Crippen LogP contribution in [0.3, 0.4) is 0 Å². The van der Waals surface area contributed by atoms with Gasteiger partial charge in [0.1, 0.15) is 18.2 Å². The van der Waals surface area contributed by atoms with E-state index in [0.29, 0.717) is 12.8 Å². The Bertz CT molecular complexity index is 964. The Kier molecular flexibility index (Phi) is 7.30. The molecule has 10 nitrogen and oxygen atoms in total. The van der Waals surface area contributed by atoms with E-state index in [0.717, 1.165) is 31.5 Å². The third-order valence-electron chi connectivity index (χ3n) is 7.27. The van der Waals surface area contributed by atoms with Gasteiger partial charge in [-0.1, -0.05) is 30.3 Å². The van der Waals surface area contributed by atoms with E-state index in [1.807, 2.05) is 37.3 Å². The second kappa shape index (κ2) is 10.2. The molecule has 0 saturated carbocycles. The van der Waals surface area contributed by atoms with E-state index in [2.05, 4.69) is 5.32 Å². The summed E-state index contributed by atoms with van der Waals surface area (Å²) < 4.78 is 5.22. The second-order valence-corrected chi connectivity index (χ2v) is 9.80. The zero-order valence-corrected chi connectivity index (χ0v) is 20.3. The van der Waals surface area contributed by atoms with Crippen molar-refractivity contribution in [3.05, 3.63) is 35.9 Å². The van der Waals surface area contributed by atoms with Crippen LogP contribution in [0.15, 0.2) is 30.3 Å². The van der Waals surface area contributed by atoms with Crippen LogP contribution in [0, 0.1) is 0 Å².